The molecule has 3 aromatic rings. The molecule has 0 aliphatic rings. The smallest absolute Gasteiger partial charge is 0.419 e. The lowest BCUT2D eigenvalue weighted by atomic mass is 9.99. The maximum Gasteiger partial charge on any atom is 0.419 e. The van der Waals surface area contributed by atoms with Gasteiger partial charge in [-0.25, -0.2) is 18.0 Å². The number of para-hydroxylation sites is 1. The minimum Gasteiger partial charge on any atom is -0.452 e. The van der Waals surface area contributed by atoms with E-state index in [9.17, 15) is 22.8 Å². The van der Waals surface area contributed by atoms with Gasteiger partial charge in [0.15, 0.2) is 17.7 Å². The first-order chi connectivity index (χ1) is 14.5. The predicted molar refractivity (Wildman–Crippen MR) is 108 cm³/mol. The topological polar surface area (TPSA) is 57.5 Å². The quantitative estimate of drug-likeness (QED) is 0.381. The molecule has 1 unspecified atom stereocenters. The van der Waals surface area contributed by atoms with E-state index in [2.05, 4.69) is 0 Å². The minimum absolute atomic E-state index is 0.0213. The van der Waals surface area contributed by atoms with Crippen LogP contribution in [0.25, 0.3) is 10.9 Å². The molecule has 164 valence electrons. The Morgan fingerprint density at radius 1 is 1.00 bits per heavy atom. The van der Waals surface area contributed by atoms with E-state index >= 15 is 0 Å². The van der Waals surface area contributed by atoms with Crippen molar-refractivity contribution in [2.75, 3.05) is 0 Å². The van der Waals surface area contributed by atoms with Gasteiger partial charge >= 0.3 is 12.1 Å². The van der Waals surface area contributed by atoms with Gasteiger partial charge in [0.2, 0.25) is 0 Å². The van der Waals surface area contributed by atoms with Crippen molar-refractivity contribution in [3.8, 4) is 0 Å². The van der Waals surface area contributed by atoms with Crippen LogP contribution in [-0.4, -0.2) is 22.2 Å². The van der Waals surface area contributed by atoms with Crippen LogP contribution in [0.3, 0.4) is 0 Å². The summed E-state index contributed by atoms with van der Waals surface area (Å²) < 4.78 is 54.1. The second kappa shape index (κ2) is 8.45. The summed E-state index contributed by atoms with van der Waals surface area (Å²) in [6.07, 6.45) is -0.767. The van der Waals surface area contributed by atoms with Crippen molar-refractivity contribution in [3.05, 3.63) is 71.2 Å². The maximum atomic E-state index is 14.6. The van der Waals surface area contributed by atoms with Gasteiger partial charge in [0.05, 0.1) is 5.52 Å². The number of benzene rings is 2. The summed E-state index contributed by atoms with van der Waals surface area (Å²) in [5, 5.41) is 0.464. The predicted octanol–water partition coefficient (Wildman–Crippen LogP) is 5.88. The summed E-state index contributed by atoms with van der Waals surface area (Å²) >= 11 is 0. The number of nitrogens with zero attached hydrogens (tertiary/aromatic N) is 1. The van der Waals surface area contributed by atoms with Crippen molar-refractivity contribution in [2.45, 2.75) is 45.8 Å². The van der Waals surface area contributed by atoms with E-state index in [1.165, 1.54) is 10.8 Å². The highest BCUT2D eigenvalue weighted by Gasteiger charge is 2.29. The molecule has 1 atom stereocenters. The number of hydrogen-bond donors (Lipinski definition) is 0. The van der Waals surface area contributed by atoms with Gasteiger partial charge in [-0.05, 0) is 32.9 Å². The summed E-state index contributed by atoms with van der Waals surface area (Å²) in [5.74, 6) is -4.41. The van der Waals surface area contributed by atoms with E-state index in [0.29, 0.717) is 23.0 Å². The third-order valence-corrected chi connectivity index (χ3v) is 4.48. The number of carbonyl (C=O) groups excluding carboxylic acids is 2. The summed E-state index contributed by atoms with van der Waals surface area (Å²) in [7, 11) is 0. The molecular formula is C23H22F3NO4. The molecule has 5 nitrogen and oxygen atoms in total. The average Bonchev–Trinajstić information content (AvgIpc) is 3.07. The zero-order valence-electron chi connectivity index (χ0n) is 17.5. The molecule has 0 bridgehead atoms. The van der Waals surface area contributed by atoms with E-state index in [1.807, 2.05) is 0 Å². The Kier molecular flexibility index (Phi) is 6.10. The summed E-state index contributed by atoms with van der Waals surface area (Å²) in [6, 6.07) is 7.71. The first kappa shape index (κ1) is 22.4. The Labute approximate surface area is 177 Å². The van der Waals surface area contributed by atoms with Crippen molar-refractivity contribution in [1.82, 2.24) is 4.57 Å². The van der Waals surface area contributed by atoms with Crippen LogP contribution >= 0.6 is 0 Å². The van der Waals surface area contributed by atoms with Crippen molar-refractivity contribution in [1.29, 1.82) is 0 Å². The van der Waals surface area contributed by atoms with Crippen LogP contribution in [0.15, 0.2) is 42.6 Å². The molecule has 0 saturated carbocycles. The van der Waals surface area contributed by atoms with Gasteiger partial charge in [0.1, 0.15) is 11.4 Å². The zero-order chi connectivity index (χ0) is 22.9. The maximum absolute atomic E-state index is 14.6. The Morgan fingerprint density at radius 3 is 2.29 bits per heavy atom. The van der Waals surface area contributed by atoms with Gasteiger partial charge < -0.3 is 9.47 Å². The zero-order valence-corrected chi connectivity index (χ0v) is 17.5. The van der Waals surface area contributed by atoms with Crippen LogP contribution in [0.4, 0.5) is 18.0 Å². The fourth-order valence-electron chi connectivity index (χ4n) is 3.13. The van der Waals surface area contributed by atoms with E-state index in [0.717, 1.165) is 0 Å². The molecule has 0 fully saturated rings. The molecule has 0 aliphatic carbocycles. The van der Waals surface area contributed by atoms with Crippen LogP contribution in [-0.2, 0) is 14.3 Å². The van der Waals surface area contributed by atoms with Crippen LogP contribution < -0.4 is 0 Å². The Hall–Kier alpha value is -3.29. The summed E-state index contributed by atoms with van der Waals surface area (Å²) in [4.78, 5) is 24.8. The molecule has 0 aliphatic heterocycles. The third-order valence-electron chi connectivity index (χ3n) is 4.48. The third kappa shape index (κ3) is 4.73. The second-order valence-corrected chi connectivity index (χ2v) is 7.96. The number of ether oxygens (including phenoxy) is 2. The minimum atomic E-state index is -1.41. The molecular weight excluding hydrogens is 411 g/mol. The molecule has 1 aromatic heterocycles. The number of esters is 1. The van der Waals surface area contributed by atoms with Crippen molar-refractivity contribution in [2.24, 2.45) is 0 Å². The molecule has 0 saturated heterocycles. The molecule has 0 spiro atoms. The van der Waals surface area contributed by atoms with Crippen LogP contribution in [0.5, 0.6) is 0 Å². The lowest BCUT2D eigenvalue weighted by molar-refractivity contribution is -0.147. The van der Waals surface area contributed by atoms with Gasteiger partial charge in [0, 0.05) is 35.2 Å². The van der Waals surface area contributed by atoms with Gasteiger partial charge in [-0.3, -0.25) is 9.36 Å². The number of halogens is 3. The molecule has 0 amide bonds. The number of rotatable bonds is 4. The van der Waals surface area contributed by atoms with E-state index in [-0.39, 0.29) is 17.5 Å². The molecule has 1 heterocycles. The molecule has 2 aromatic carbocycles. The lowest BCUT2D eigenvalue weighted by Crippen LogP contribution is -2.26. The highest BCUT2D eigenvalue weighted by atomic mass is 19.2. The molecule has 0 N–H and O–H groups in total. The second-order valence-electron chi connectivity index (χ2n) is 7.96. The monoisotopic (exact) mass is 433 g/mol. The van der Waals surface area contributed by atoms with E-state index in [4.69, 9.17) is 9.47 Å². The van der Waals surface area contributed by atoms with Crippen LogP contribution in [0, 0.1) is 17.5 Å². The number of fused-ring (bicyclic) bond motifs is 1. The normalized spacial score (nSPS) is 12.6. The van der Waals surface area contributed by atoms with Gasteiger partial charge in [0.25, 0.3) is 0 Å². The van der Waals surface area contributed by atoms with Gasteiger partial charge in [-0.15, -0.1) is 0 Å². The Bertz CT molecular complexity index is 1150. The largest absolute Gasteiger partial charge is 0.452 e. The molecule has 3 rings (SSSR count). The average molecular weight is 433 g/mol. The summed E-state index contributed by atoms with van der Waals surface area (Å²) in [5.41, 5.74) is -0.489. The molecule has 0 radical (unpaired) electrons. The number of aromatic nitrogens is 1. The van der Waals surface area contributed by atoms with E-state index in [1.54, 1.807) is 52.0 Å². The number of hydrogen-bond acceptors (Lipinski definition) is 4. The SMILES string of the molecule is CCC(=O)OC(c1cc(F)c(F)cc1F)c1cn(C(=O)OC(C)(C)C)c2ccccc12. The molecule has 31 heavy (non-hydrogen) atoms. The molecule has 8 heteroatoms. The first-order valence-electron chi connectivity index (χ1n) is 9.69. The fraction of sp³-hybridized carbons (Fsp3) is 0.304. The van der Waals surface area contributed by atoms with Crippen LogP contribution in [0.2, 0.25) is 0 Å². The van der Waals surface area contributed by atoms with E-state index < -0.39 is 41.2 Å². The summed E-state index contributed by atoms with van der Waals surface area (Å²) in [6.45, 7) is 6.67. The van der Waals surface area contributed by atoms with Crippen molar-refractivity contribution in [3.63, 3.8) is 0 Å². The fourth-order valence-corrected chi connectivity index (χ4v) is 3.13. The highest BCUT2D eigenvalue weighted by molar-refractivity contribution is 5.92. The Morgan fingerprint density at radius 2 is 1.65 bits per heavy atom. The highest BCUT2D eigenvalue weighted by Crippen LogP contribution is 2.36. The van der Waals surface area contributed by atoms with Gasteiger partial charge in [-0.2, -0.15) is 0 Å². The number of carbonyl (C=O) groups is 2. The van der Waals surface area contributed by atoms with Gasteiger partial charge in [-0.1, -0.05) is 25.1 Å². The van der Waals surface area contributed by atoms with Crippen molar-refractivity contribution >= 4 is 23.0 Å². The lowest BCUT2D eigenvalue weighted by Gasteiger charge is -2.20. The van der Waals surface area contributed by atoms with Crippen molar-refractivity contribution < 1.29 is 32.2 Å². The van der Waals surface area contributed by atoms with Crippen LogP contribution in [0.1, 0.15) is 51.3 Å². The Balaban J connectivity index is 2.22. The standard InChI is InChI=1S/C23H22F3NO4/c1-5-20(28)30-21(14-10-17(25)18(26)11-16(14)24)15-12-27(22(29)31-23(2,3)4)19-9-7-6-8-13(15)19/h6-12,21H,5H2,1-4H3. The first-order valence-corrected chi connectivity index (χ1v) is 9.69.